The molecule has 0 aliphatic heterocycles. The Morgan fingerprint density at radius 3 is 2.71 bits per heavy atom. The lowest BCUT2D eigenvalue weighted by Gasteiger charge is -2.22. The first kappa shape index (κ1) is 25.0. The first-order valence-electron chi connectivity index (χ1n) is 11.8. The average Bonchev–Trinajstić information content (AvgIpc) is 3.44. The van der Waals surface area contributed by atoms with Gasteiger partial charge in [-0.3, -0.25) is 25.0 Å². The van der Waals surface area contributed by atoms with E-state index >= 15 is 0 Å². The van der Waals surface area contributed by atoms with Gasteiger partial charge in [0.25, 0.3) is 17.5 Å². The predicted molar refractivity (Wildman–Crippen MR) is 143 cm³/mol. The molecule has 0 saturated heterocycles. The van der Waals surface area contributed by atoms with E-state index in [1.165, 1.54) is 18.2 Å². The molecule has 5 rings (SSSR count). The van der Waals surface area contributed by atoms with Gasteiger partial charge in [-0.25, -0.2) is 9.78 Å². The maximum Gasteiger partial charge on any atom is 0.339 e. The molecule has 0 fully saturated rings. The Morgan fingerprint density at radius 2 is 1.92 bits per heavy atom. The molecule has 1 N–H and O–H groups in total. The molecule has 10 heteroatoms. The Labute approximate surface area is 220 Å². The fraction of sp³-hybridized carbons (Fsp3) is 0.143. The van der Waals surface area contributed by atoms with Gasteiger partial charge in [-0.05, 0) is 60.1 Å². The van der Waals surface area contributed by atoms with Gasteiger partial charge in [0, 0.05) is 28.0 Å². The number of imide groups is 1. The molecule has 0 spiro atoms. The van der Waals surface area contributed by atoms with Crippen molar-refractivity contribution in [3.8, 4) is 0 Å². The van der Waals surface area contributed by atoms with E-state index in [9.17, 15) is 24.5 Å². The van der Waals surface area contributed by atoms with E-state index in [2.05, 4.69) is 11.4 Å². The van der Waals surface area contributed by atoms with Gasteiger partial charge >= 0.3 is 5.97 Å². The van der Waals surface area contributed by atoms with Crippen molar-refractivity contribution in [2.24, 2.45) is 0 Å². The molecule has 0 unspecified atom stereocenters. The van der Waals surface area contributed by atoms with Crippen LogP contribution in [0.15, 0.2) is 66.0 Å². The number of nitrogens with zero attached hydrogens (tertiary/aromatic N) is 2. The van der Waals surface area contributed by atoms with Crippen molar-refractivity contribution in [3.05, 3.63) is 103 Å². The number of carbonyl (C=O) groups is 3. The summed E-state index contributed by atoms with van der Waals surface area (Å²) < 4.78 is 5.35. The Balaban J connectivity index is 1.38. The van der Waals surface area contributed by atoms with E-state index in [0.717, 1.165) is 40.6 Å². The van der Waals surface area contributed by atoms with Gasteiger partial charge in [0.2, 0.25) is 0 Å². The second-order valence-corrected chi connectivity index (χ2v) is 9.61. The lowest BCUT2D eigenvalue weighted by Crippen LogP contribution is -2.34. The topological polar surface area (TPSA) is 129 Å². The number of benzene rings is 2. The number of para-hydroxylation sites is 1. The molecule has 4 aromatic rings. The van der Waals surface area contributed by atoms with Crippen LogP contribution >= 0.6 is 11.3 Å². The van der Waals surface area contributed by atoms with Crippen molar-refractivity contribution in [1.29, 1.82) is 0 Å². The number of non-ortho nitro benzene ring substituents is 1. The van der Waals surface area contributed by atoms with Crippen molar-refractivity contribution in [1.82, 2.24) is 10.3 Å². The Morgan fingerprint density at radius 1 is 1.08 bits per heavy atom. The third-order valence-electron chi connectivity index (χ3n) is 6.14. The zero-order valence-electron chi connectivity index (χ0n) is 20.0. The van der Waals surface area contributed by atoms with Crippen molar-refractivity contribution in [2.75, 3.05) is 6.61 Å². The highest BCUT2D eigenvalue weighted by molar-refractivity contribution is 7.10. The summed E-state index contributed by atoms with van der Waals surface area (Å²) in [5, 5.41) is 15.7. The van der Waals surface area contributed by atoms with E-state index < -0.39 is 29.3 Å². The molecule has 0 saturated carbocycles. The van der Waals surface area contributed by atoms with Crippen molar-refractivity contribution in [3.63, 3.8) is 0 Å². The number of fused-ring (bicyclic) bond motifs is 2. The minimum absolute atomic E-state index is 0.0573. The molecule has 190 valence electrons. The molecule has 1 aliphatic carbocycles. The second-order valence-electron chi connectivity index (χ2n) is 8.63. The number of nitro groups is 1. The first-order chi connectivity index (χ1) is 18.4. The molecule has 2 heterocycles. The lowest BCUT2D eigenvalue weighted by molar-refractivity contribution is -0.384. The second kappa shape index (κ2) is 10.7. The summed E-state index contributed by atoms with van der Waals surface area (Å²) in [7, 11) is 0. The van der Waals surface area contributed by atoms with Crippen LogP contribution in [0, 0.1) is 10.1 Å². The number of allylic oxidation sites excluding steroid dienone is 1. The predicted octanol–water partition coefficient (Wildman–Crippen LogP) is 5.19. The molecule has 9 nitrogen and oxygen atoms in total. The lowest BCUT2D eigenvalue weighted by atomic mass is 9.86. The summed E-state index contributed by atoms with van der Waals surface area (Å²) in [5.74, 6) is -2.36. The van der Waals surface area contributed by atoms with E-state index in [-0.39, 0.29) is 11.3 Å². The maximum atomic E-state index is 13.3. The molecule has 0 radical (unpaired) electrons. The van der Waals surface area contributed by atoms with E-state index in [4.69, 9.17) is 9.72 Å². The number of aromatic nitrogens is 1. The summed E-state index contributed by atoms with van der Waals surface area (Å²) in [5.41, 5.74) is 3.23. The SMILES string of the molecule is O=C(COC(=O)c1c2c(nc3ccccc13)/C(=C\c1cccs1)CCC2)NC(=O)c1cccc([N+](=O)[O-])c1. The standard InChI is InChI=1S/C28H21N3O6S/c32-24(30-27(33)18-7-3-8-19(14-18)31(35)36)16-37-28(34)25-21-10-1-2-12-23(21)29-26-17(6-4-11-22(25)26)15-20-9-5-13-38-20/h1-3,5,7-10,12-15H,4,6,11,16H2,(H,30,32,33)/b17-15-. The van der Waals surface area contributed by atoms with Gasteiger partial charge in [0.05, 0.1) is 21.7 Å². The molecule has 38 heavy (non-hydrogen) atoms. The smallest absolute Gasteiger partial charge is 0.339 e. The number of esters is 1. The summed E-state index contributed by atoms with van der Waals surface area (Å²) >= 11 is 1.62. The van der Waals surface area contributed by atoms with Gasteiger partial charge < -0.3 is 4.74 Å². The summed E-state index contributed by atoms with van der Waals surface area (Å²) in [6, 6.07) is 16.3. The Kier molecular flexibility index (Phi) is 7.05. The van der Waals surface area contributed by atoms with Crippen LogP contribution in [0.5, 0.6) is 0 Å². The highest BCUT2D eigenvalue weighted by Crippen LogP contribution is 2.36. The fourth-order valence-electron chi connectivity index (χ4n) is 4.45. The molecule has 2 aromatic carbocycles. The number of ether oxygens (including phenoxy) is 1. The van der Waals surface area contributed by atoms with Crippen LogP contribution < -0.4 is 5.32 Å². The number of hydrogen-bond donors (Lipinski definition) is 1. The molecule has 1 aliphatic rings. The number of rotatable bonds is 6. The number of nitro benzene ring substituents is 1. The number of nitrogens with one attached hydrogen (secondary N) is 1. The van der Waals surface area contributed by atoms with Gasteiger partial charge in [-0.15, -0.1) is 11.3 Å². The quantitative estimate of drug-likeness (QED) is 0.207. The van der Waals surface area contributed by atoms with E-state index in [0.29, 0.717) is 22.9 Å². The fourth-order valence-corrected chi connectivity index (χ4v) is 5.13. The normalized spacial score (nSPS) is 13.6. The average molecular weight is 528 g/mol. The Hall–Kier alpha value is -4.70. The summed E-state index contributed by atoms with van der Waals surface area (Å²) in [6.07, 6.45) is 4.39. The monoisotopic (exact) mass is 527 g/mol. The van der Waals surface area contributed by atoms with Crippen molar-refractivity contribution in [2.45, 2.75) is 19.3 Å². The van der Waals surface area contributed by atoms with Crippen LogP contribution in [0.3, 0.4) is 0 Å². The number of thiophene rings is 1. The van der Waals surface area contributed by atoms with Crippen LogP contribution in [0.4, 0.5) is 5.69 Å². The van der Waals surface area contributed by atoms with Crippen molar-refractivity contribution >= 4 is 57.4 Å². The van der Waals surface area contributed by atoms with Crippen LogP contribution in [0.25, 0.3) is 22.6 Å². The van der Waals surface area contributed by atoms with Crippen molar-refractivity contribution < 1.29 is 24.0 Å². The minimum atomic E-state index is -0.847. The van der Waals surface area contributed by atoms with Gasteiger partial charge in [-0.2, -0.15) is 0 Å². The van der Waals surface area contributed by atoms with Crippen LogP contribution in [-0.4, -0.2) is 34.3 Å². The largest absolute Gasteiger partial charge is 0.452 e. The molecule has 0 bridgehead atoms. The van der Waals surface area contributed by atoms with Gasteiger partial charge in [0.15, 0.2) is 6.61 Å². The zero-order valence-corrected chi connectivity index (χ0v) is 20.8. The van der Waals surface area contributed by atoms with E-state index in [1.54, 1.807) is 17.4 Å². The first-order valence-corrected chi connectivity index (χ1v) is 12.7. The molecule has 2 aromatic heterocycles. The third kappa shape index (κ3) is 5.21. The summed E-state index contributed by atoms with van der Waals surface area (Å²) in [4.78, 5) is 54.4. The number of pyridine rings is 1. The molecule has 2 amide bonds. The van der Waals surface area contributed by atoms with E-state index in [1.807, 2.05) is 35.7 Å². The number of hydrogen-bond acceptors (Lipinski definition) is 8. The number of carbonyl (C=O) groups excluding carboxylic acids is 3. The summed E-state index contributed by atoms with van der Waals surface area (Å²) in [6.45, 7) is -0.692. The van der Waals surface area contributed by atoms with Crippen LogP contribution in [0.2, 0.25) is 0 Å². The van der Waals surface area contributed by atoms with Gasteiger partial charge in [0.1, 0.15) is 0 Å². The highest BCUT2D eigenvalue weighted by Gasteiger charge is 2.26. The highest BCUT2D eigenvalue weighted by atomic mass is 32.1. The maximum absolute atomic E-state index is 13.3. The third-order valence-corrected chi connectivity index (χ3v) is 6.96. The number of amides is 2. The van der Waals surface area contributed by atoms with Gasteiger partial charge in [-0.1, -0.05) is 30.3 Å². The Bertz CT molecular complexity index is 1610. The molecular formula is C28H21N3O6S. The molecule has 0 atom stereocenters. The molecular weight excluding hydrogens is 506 g/mol. The van der Waals surface area contributed by atoms with Crippen LogP contribution in [-0.2, 0) is 16.0 Å². The minimum Gasteiger partial charge on any atom is -0.452 e. The zero-order chi connectivity index (χ0) is 26.6. The van der Waals surface area contributed by atoms with Crippen LogP contribution in [0.1, 0.15) is 49.7 Å².